The molecule has 0 fully saturated rings. The average molecular weight is 410 g/mol. The number of pyridine rings is 1. The maximum atomic E-state index is 12.1. The van der Waals surface area contributed by atoms with Gasteiger partial charge in [-0.25, -0.2) is 4.98 Å². The van der Waals surface area contributed by atoms with E-state index in [1.54, 1.807) is 11.1 Å². The third-order valence-electron chi connectivity index (χ3n) is 3.36. The van der Waals surface area contributed by atoms with E-state index in [0.717, 1.165) is 18.4 Å². The highest BCUT2D eigenvalue weighted by molar-refractivity contribution is 8.02. The molecule has 0 aromatic carbocycles. The number of halogens is 4. The Kier molecular flexibility index (Phi) is 7.45. The molecule has 26 heavy (non-hydrogen) atoms. The summed E-state index contributed by atoms with van der Waals surface area (Å²) >= 11 is 7.53. The smallest absolute Gasteiger partial charge is 0.422 e. The van der Waals surface area contributed by atoms with Crippen molar-refractivity contribution in [3.8, 4) is 5.88 Å². The Labute approximate surface area is 158 Å². The molecule has 1 unspecified atom stereocenters. The molecule has 0 bridgehead atoms. The van der Waals surface area contributed by atoms with Gasteiger partial charge in [0.05, 0.1) is 0 Å². The standard InChI is InChI=1S/C16H19ClF3N3O2S/c1-2-3-6-23-8-12(14(17)15(24)22-23)26-9-11-4-5-13(21-7-11)25-10-16(18,19)20/h4-5,7-8,14H,2-3,6,9-10H2,1H3,(H,22,24). The molecule has 0 spiro atoms. The van der Waals surface area contributed by atoms with Crippen LogP contribution >= 0.6 is 23.4 Å². The summed E-state index contributed by atoms with van der Waals surface area (Å²) in [5, 5.41) is 0.958. The fourth-order valence-corrected chi connectivity index (χ4v) is 3.30. The van der Waals surface area contributed by atoms with Crippen molar-refractivity contribution in [2.24, 2.45) is 0 Å². The fourth-order valence-electron chi connectivity index (χ4n) is 2.04. The third kappa shape index (κ3) is 6.60. The molecule has 0 radical (unpaired) electrons. The molecule has 1 aliphatic heterocycles. The molecule has 0 saturated heterocycles. The van der Waals surface area contributed by atoms with Gasteiger partial charge in [-0.05, 0) is 12.0 Å². The van der Waals surface area contributed by atoms with E-state index in [-0.39, 0.29) is 11.8 Å². The van der Waals surface area contributed by atoms with Crippen LogP contribution in [0.3, 0.4) is 0 Å². The van der Waals surface area contributed by atoms with Crippen LogP contribution in [0.5, 0.6) is 5.88 Å². The lowest BCUT2D eigenvalue weighted by Gasteiger charge is -2.29. The molecule has 1 aromatic rings. The first kappa shape index (κ1) is 20.7. The lowest BCUT2D eigenvalue weighted by atomic mass is 10.3. The van der Waals surface area contributed by atoms with Gasteiger partial charge in [0.15, 0.2) is 6.61 Å². The van der Waals surface area contributed by atoms with Crippen molar-refractivity contribution >= 4 is 29.3 Å². The summed E-state index contributed by atoms with van der Waals surface area (Å²) in [5.74, 6) is 0.117. The van der Waals surface area contributed by atoms with Crippen molar-refractivity contribution in [2.75, 3.05) is 13.2 Å². The normalized spacial score (nSPS) is 17.7. The SMILES string of the molecule is CCCCN1C=C(SCc2ccc(OCC(F)(F)F)nc2)C(Cl)C(=O)N1. The van der Waals surface area contributed by atoms with Gasteiger partial charge in [0, 0.05) is 35.7 Å². The Balaban J connectivity index is 1.92. The van der Waals surface area contributed by atoms with Crippen molar-refractivity contribution < 1.29 is 22.7 Å². The van der Waals surface area contributed by atoms with Crippen LogP contribution in [0, 0.1) is 0 Å². The molecule has 1 N–H and O–H groups in total. The van der Waals surface area contributed by atoms with Crippen LogP contribution in [0.25, 0.3) is 0 Å². The number of carbonyl (C=O) groups excluding carboxylic acids is 1. The zero-order valence-electron chi connectivity index (χ0n) is 14.1. The van der Waals surface area contributed by atoms with Crippen LogP contribution in [0.4, 0.5) is 13.2 Å². The van der Waals surface area contributed by atoms with E-state index in [1.807, 2.05) is 6.20 Å². The largest absolute Gasteiger partial charge is 0.468 e. The van der Waals surface area contributed by atoms with Gasteiger partial charge >= 0.3 is 6.18 Å². The molecule has 10 heteroatoms. The summed E-state index contributed by atoms with van der Waals surface area (Å²) in [7, 11) is 0. The van der Waals surface area contributed by atoms with Crippen molar-refractivity contribution in [3.63, 3.8) is 0 Å². The number of hydrogen-bond acceptors (Lipinski definition) is 5. The van der Waals surface area contributed by atoms with Crippen LogP contribution in [0.1, 0.15) is 25.3 Å². The quantitative estimate of drug-likeness (QED) is 0.661. The number of aromatic nitrogens is 1. The number of hydrogen-bond donors (Lipinski definition) is 1. The second-order valence-corrected chi connectivity index (χ2v) is 7.10. The lowest BCUT2D eigenvalue weighted by molar-refractivity contribution is -0.154. The summed E-state index contributed by atoms with van der Waals surface area (Å²) in [6.45, 7) is 1.38. The van der Waals surface area contributed by atoms with Gasteiger partial charge in [-0.2, -0.15) is 13.2 Å². The number of nitrogens with zero attached hydrogens (tertiary/aromatic N) is 2. The molecule has 0 aliphatic carbocycles. The second-order valence-electron chi connectivity index (χ2n) is 5.61. The van der Waals surface area contributed by atoms with Gasteiger partial charge in [-0.15, -0.1) is 23.4 Å². The van der Waals surface area contributed by atoms with E-state index in [9.17, 15) is 18.0 Å². The Morgan fingerprint density at radius 1 is 1.42 bits per heavy atom. The zero-order valence-corrected chi connectivity index (χ0v) is 15.6. The number of hydrazine groups is 1. The Hall–Kier alpha value is -1.61. The molecule has 1 aliphatic rings. The predicted octanol–water partition coefficient (Wildman–Crippen LogP) is 3.85. The molecule has 2 heterocycles. The number of carbonyl (C=O) groups is 1. The molecule has 1 amide bonds. The molecule has 2 rings (SSSR count). The molecular formula is C16H19ClF3N3O2S. The fraction of sp³-hybridized carbons (Fsp3) is 0.500. The van der Waals surface area contributed by atoms with E-state index >= 15 is 0 Å². The topological polar surface area (TPSA) is 54.5 Å². The van der Waals surface area contributed by atoms with Gasteiger partial charge in [0.1, 0.15) is 5.38 Å². The Bertz CT molecular complexity index is 641. The van der Waals surface area contributed by atoms with Gasteiger partial charge in [-0.1, -0.05) is 19.4 Å². The molecule has 0 saturated carbocycles. The summed E-state index contributed by atoms with van der Waals surface area (Å²) in [5.41, 5.74) is 3.50. The maximum absolute atomic E-state index is 12.1. The number of thioether (sulfide) groups is 1. The maximum Gasteiger partial charge on any atom is 0.422 e. The third-order valence-corrected chi connectivity index (χ3v) is 5.07. The molecule has 5 nitrogen and oxygen atoms in total. The van der Waals surface area contributed by atoms with Gasteiger partial charge in [0.25, 0.3) is 5.91 Å². The van der Waals surface area contributed by atoms with E-state index in [2.05, 4.69) is 22.1 Å². The van der Waals surface area contributed by atoms with Gasteiger partial charge < -0.3 is 4.74 Å². The van der Waals surface area contributed by atoms with E-state index in [0.29, 0.717) is 17.2 Å². The van der Waals surface area contributed by atoms with Crippen molar-refractivity contribution in [2.45, 2.75) is 37.1 Å². The van der Waals surface area contributed by atoms with Gasteiger partial charge in [-0.3, -0.25) is 15.2 Å². The lowest BCUT2D eigenvalue weighted by Crippen LogP contribution is -2.47. The highest BCUT2D eigenvalue weighted by atomic mass is 35.5. The highest BCUT2D eigenvalue weighted by Crippen LogP contribution is 2.30. The summed E-state index contributed by atoms with van der Waals surface area (Å²) in [6, 6.07) is 3.02. The first-order valence-electron chi connectivity index (χ1n) is 7.98. The van der Waals surface area contributed by atoms with E-state index < -0.39 is 18.2 Å². The van der Waals surface area contributed by atoms with E-state index in [4.69, 9.17) is 11.6 Å². The van der Waals surface area contributed by atoms with E-state index in [1.165, 1.54) is 24.0 Å². The number of unbranched alkanes of at least 4 members (excludes halogenated alkanes) is 1. The van der Waals surface area contributed by atoms with Crippen LogP contribution in [0.15, 0.2) is 29.4 Å². The first-order valence-corrected chi connectivity index (χ1v) is 9.41. The molecule has 1 atom stereocenters. The Morgan fingerprint density at radius 2 is 2.19 bits per heavy atom. The summed E-state index contributed by atoms with van der Waals surface area (Å²) < 4.78 is 40.9. The number of alkyl halides is 4. The minimum atomic E-state index is -4.40. The number of ether oxygens (including phenoxy) is 1. The minimum Gasteiger partial charge on any atom is -0.468 e. The first-order chi connectivity index (χ1) is 12.3. The number of nitrogens with one attached hydrogen (secondary N) is 1. The minimum absolute atomic E-state index is 0.0895. The monoisotopic (exact) mass is 409 g/mol. The van der Waals surface area contributed by atoms with Gasteiger partial charge in [0.2, 0.25) is 5.88 Å². The molecular weight excluding hydrogens is 391 g/mol. The van der Waals surface area contributed by atoms with Crippen molar-refractivity contribution in [1.29, 1.82) is 0 Å². The highest BCUT2D eigenvalue weighted by Gasteiger charge is 2.29. The van der Waals surface area contributed by atoms with Crippen molar-refractivity contribution in [1.82, 2.24) is 15.4 Å². The number of rotatable bonds is 8. The van der Waals surface area contributed by atoms with Crippen LogP contribution < -0.4 is 10.2 Å². The van der Waals surface area contributed by atoms with Crippen LogP contribution in [0.2, 0.25) is 0 Å². The van der Waals surface area contributed by atoms with Crippen LogP contribution in [-0.2, 0) is 10.5 Å². The molecule has 1 aromatic heterocycles. The zero-order chi connectivity index (χ0) is 19.2. The predicted molar refractivity (Wildman–Crippen MR) is 94.6 cm³/mol. The Morgan fingerprint density at radius 3 is 2.81 bits per heavy atom. The van der Waals surface area contributed by atoms with Crippen LogP contribution in [-0.4, -0.2) is 40.6 Å². The van der Waals surface area contributed by atoms with Crippen molar-refractivity contribution in [3.05, 3.63) is 35.0 Å². The average Bonchev–Trinajstić information content (AvgIpc) is 2.60. The second kappa shape index (κ2) is 9.36. The summed E-state index contributed by atoms with van der Waals surface area (Å²) in [4.78, 5) is 16.5. The summed E-state index contributed by atoms with van der Waals surface area (Å²) in [6.07, 6.45) is 0.795. The molecule has 144 valence electrons. The number of amides is 1.